The molecule has 1 fully saturated rings. The van der Waals surface area contributed by atoms with Crippen molar-refractivity contribution in [1.29, 1.82) is 0 Å². The zero-order valence-electron chi connectivity index (χ0n) is 15.1. The lowest BCUT2D eigenvalue weighted by atomic mass is 9.97. The Kier molecular flexibility index (Phi) is 4.56. The molecular weight excluding hydrogens is 364 g/mol. The second-order valence-electron chi connectivity index (χ2n) is 7.13. The summed E-state index contributed by atoms with van der Waals surface area (Å²) < 4.78 is 5.13. The summed E-state index contributed by atoms with van der Waals surface area (Å²) in [7, 11) is 1.54. The molecule has 1 aliphatic carbocycles. The average Bonchev–Trinajstić information content (AvgIpc) is 3.49. The van der Waals surface area contributed by atoms with Crippen LogP contribution in [0.3, 0.4) is 0 Å². The van der Waals surface area contributed by atoms with Crippen LogP contribution in [0.4, 0.5) is 5.69 Å². The number of rotatable bonds is 4. The van der Waals surface area contributed by atoms with Gasteiger partial charge in [-0.25, -0.2) is 0 Å². The number of carbonyl (C=O) groups is 2. The molecule has 2 aromatic rings. The first-order chi connectivity index (χ1) is 13.0. The molecule has 27 heavy (non-hydrogen) atoms. The number of hydrogen-bond donors (Lipinski definition) is 1. The van der Waals surface area contributed by atoms with Gasteiger partial charge < -0.3 is 15.0 Å². The van der Waals surface area contributed by atoms with Crippen LogP contribution in [0.15, 0.2) is 42.5 Å². The predicted octanol–water partition coefficient (Wildman–Crippen LogP) is 3.65. The van der Waals surface area contributed by atoms with E-state index in [1.165, 1.54) is 12.7 Å². The van der Waals surface area contributed by atoms with Crippen molar-refractivity contribution in [2.45, 2.75) is 25.8 Å². The van der Waals surface area contributed by atoms with Crippen LogP contribution in [0.2, 0.25) is 5.02 Å². The van der Waals surface area contributed by atoms with E-state index in [0.29, 0.717) is 42.4 Å². The number of methoxy groups -OCH3 is 1. The third-order valence-electron chi connectivity index (χ3n) is 5.42. The maximum Gasteiger partial charge on any atom is 0.240 e. The molecule has 1 saturated carbocycles. The third-order valence-corrected chi connectivity index (χ3v) is 5.72. The van der Waals surface area contributed by atoms with Crippen molar-refractivity contribution in [2.24, 2.45) is 5.41 Å². The van der Waals surface area contributed by atoms with E-state index in [0.717, 1.165) is 12.0 Å². The summed E-state index contributed by atoms with van der Waals surface area (Å²) in [5.74, 6) is 0.209. The standard InChI is InChI=1S/C21H21ClN2O3/c1-27-18-7-6-16(12-17(18)22)23-19(25)21(9-10-21)20(26)24-11-8-14-4-2-3-5-15(14)13-24/h2-7,12H,8-11,13H2,1H3,(H,23,25). The van der Waals surface area contributed by atoms with Gasteiger partial charge in [0.1, 0.15) is 11.2 Å². The minimum absolute atomic E-state index is 0.0749. The Morgan fingerprint density at radius 2 is 1.89 bits per heavy atom. The number of nitrogens with zero attached hydrogens (tertiary/aromatic N) is 1. The van der Waals surface area contributed by atoms with Gasteiger partial charge in [0.05, 0.1) is 12.1 Å². The van der Waals surface area contributed by atoms with Crippen molar-refractivity contribution in [3.63, 3.8) is 0 Å². The Bertz CT molecular complexity index is 908. The number of anilines is 1. The van der Waals surface area contributed by atoms with Gasteiger partial charge in [0.25, 0.3) is 0 Å². The molecule has 0 bridgehead atoms. The van der Waals surface area contributed by atoms with Crippen LogP contribution in [0.25, 0.3) is 0 Å². The number of halogens is 1. The fraction of sp³-hybridized carbons (Fsp3) is 0.333. The maximum absolute atomic E-state index is 13.1. The summed E-state index contributed by atoms with van der Waals surface area (Å²) in [5.41, 5.74) is 2.06. The normalized spacial score (nSPS) is 17.0. The Hall–Kier alpha value is -2.53. The van der Waals surface area contributed by atoms with Gasteiger partial charge in [-0.3, -0.25) is 9.59 Å². The number of carbonyl (C=O) groups excluding carboxylic acids is 2. The van der Waals surface area contributed by atoms with Crippen molar-refractivity contribution in [3.05, 3.63) is 58.6 Å². The molecule has 2 aliphatic rings. The molecule has 0 aromatic heterocycles. The van der Waals surface area contributed by atoms with Crippen molar-refractivity contribution < 1.29 is 14.3 Å². The lowest BCUT2D eigenvalue weighted by Gasteiger charge is -2.31. The highest BCUT2D eigenvalue weighted by atomic mass is 35.5. The minimum atomic E-state index is -0.946. The van der Waals surface area contributed by atoms with Gasteiger partial charge in [0.2, 0.25) is 11.8 Å². The summed E-state index contributed by atoms with van der Waals surface area (Å²) in [6, 6.07) is 13.2. The molecule has 1 N–H and O–H groups in total. The monoisotopic (exact) mass is 384 g/mol. The quantitative estimate of drug-likeness (QED) is 0.818. The molecule has 0 spiro atoms. The molecule has 0 unspecified atom stereocenters. The van der Waals surface area contributed by atoms with Gasteiger partial charge >= 0.3 is 0 Å². The Morgan fingerprint density at radius 1 is 1.15 bits per heavy atom. The van der Waals surface area contributed by atoms with Crippen molar-refractivity contribution in [1.82, 2.24) is 4.90 Å². The number of amides is 2. The number of hydrogen-bond acceptors (Lipinski definition) is 3. The fourth-order valence-corrected chi connectivity index (χ4v) is 3.89. The van der Waals surface area contributed by atoms with Crippen LogP contribution >= 0.6 is 11.6 Å². The van der Waals surface area contributed by atoms with Crippen LogP contribution in [-0.4, -0.2) is 30.4 Å². The summed E-state index contributed by atoms with van der Waals surface area (Å²) >= 11 is 6.12. The molecule has 4 rings (SSSR count). The highest BCUT2D eigenvalue weighted by Gasteiger charge is 2.58. The second-order valence-corrected chi connectivity index (χ2v) is 7.54. The van der Waals surface area contributed by atoms with Gasteiger partial charge in [-0.15, -0.1) is 0 Å². The summed E-state index contributed by atoms with van der Waals surface area (Å²) in [5, 5.41) is 3.27. The molecule has 1 aliphatic heterocycles. The molecule has 1 heterocycles. The van der Waals surface area contributed by atoms with Crippen molar-refractivity contribution in [3.8, 4) is 5.75 Å². The van der Waals surface area contributed by atoms with Crippen LogP contribution < -0.4 is 10.1 Å². The van der Waals surface area contributed by atoms with E-state index in [1.54, 1.807) is 18.2 Å². The van der Waals surface area contributed by atoms with Crippen molar-refractivity contribution >= 4 is 29.1 Å². The minimum Gasteiger partial charge on any atom is -0.495 e. The Labute approximate surface area is 163 Å². The second kappa shape index (κ2) is 6.89. The van der Waals surface area contributed by atoms with Gasteiger partial charge in [0, 0.05) is 18.8 Å². The Balaban J connectivity index is 1.48. The average molecular weight is 385 g/mol. The van der Waals surface area contributed by atoms with Gasteiger partial charge in [-0.05, 0) is 48.6 Å². The van der Waals surface area contributed by atoms with Crippen LogP contribution in [0.1, 0.15) is 24.0 Å². The van der Waals surface area contributed by atoms with Crippen LogP contribution in [0, 0.1) is 5.41 Å². The summed E-state index contributed by atoms with van der Waals surface area (Å²) in [6.07, 6.45) is 1.99. The molecule has 0 radical (unpaired) electrons. The number of fused-ring (bicyclic) bond motifs is 1. The zero-order chi connectivity index (χ0) is 19.0. The largest absolute Gasteiger partial charge is 0.495 e. The first-order valence-corrected chi connectivity index (χ1v) is 9.42. The molecular formula is C21H21ClN2O3. The van der Waals surface area contributed by atoms with E-state index < -0.39 is 5.41 Å². The summed E-state index contributed by atoms with van der Waals surface area (Å²) in [4.78, 5) is 27.8. The molecule has 5 nitrogen and oxygen atoms in total. The smallest absolute Gasteiger partial charge is 0.240 e. The van der Waals surface area contributed by atoms with E-state index in [1.807, 2.05) is 23.1 Å². The Morgan fingerprint density at radius 3 is 2.56 bits per heavy atom. The fourth-order valence-electron chi connectivity index (χ4n) is 3.63. The summed E-state index contributed by atoms with van der Waals surface area (Å²) in [6.45, 7) is 1.22. The van der Waals surface area contributed by atoms with Gasteiger partial charge in [-0.2, -0.15) is 0 Å². The molecule has 2 amide bonds. The van der Waals surface area contributed by atoms with E-state index >= 15 is 0 Å². The SMILES string of the molecule is COc1ccc(NC(=O)C2(C(=O)N3CCc4ccccc4C3)CC2)cc1Cl. The third kappa shape index (κ3) is 3.28. The maximum atomic E-state index is 13.1. The van der Waals surface area contributed by atoms with Crippen LogP contribution in [0.5, 0.6) is 5.75 Å². The predicted molar refractivity (Wildman–Crippen MR) is 104 cm³/mol. The van der Waals surface area contributed by atoms with Gasteiger partial charge in [0.15, 0.2) is 0 Å². The first kappa shape index (κ1) is 17.9. The number of ether oxygens (including phenoxy) is 1. The molecule has 0 atom stereocenters. The lowest BCUT2D eigenvalue weighted by Crippen LogP contribution is -2.45. The number of nitrogens with one attached hydrogen (secondary N) is 1. The number of benzene rings is 2. The first-order valence-electron chi connectivity index (χ1n) is 9.05. The highest BCUT2D eigenvalue weighted by molar-refractivity contribution is 6.32. The van der Waals surface area contributed by atoms with E-state index in [9.17, 15) is 9.59 Å². The van der Waals surface area contributed by atoms with E-state index in [4.69, 9.17) is 16.3 Å². The topological polar surface area (TPSA) is 58.6 Å². The molecule has 0 saturated heterocycles. The van der Waals surface area contributed by atoms with Crippen molar-refractivity contribution in [2.75, 3.05) is 19.0 Å². The van der Waals surface area contributed by atoms with Crippen LogP contribution in [-0.2, 0) is 22.6 Å². The van der Waals surface area contributed by atoms with E-state index in [-0.39, 0.29) is 11.8 Å². The van der Waals surface area contributed by atoms with Gasteiger partial charge in [-0.1, -0.05) is 35.9 Å². The molecule has 140 valence electrons. The molecule has 2 aromatic carbocycles. The highest BCUT2D eigenvalue weighted by Crippen LogP contribution is 2.49. The zero-order valence-corrected chi connectivity index (χ0v) is 15.9. The lowest BCUT2D eigenvalue weighted by molar-refractivity contribution is -0.143. The van der Waals surface area contributed by atoms with E-state index in [2.05, 4.69) is 11.4 Å². The molecule has 6 heteroatoms.